The van der Waals surface area contributed by atoms with Crippen LogP contribution in [0.5, 0.6) is 0 Å². The number of aliphatic imine (C=N–C) groups is 1. The number of hydrogen-bond acceptors (Lipinski definition) is 4. The Bertz CT molecular complexity index is 1190. The van der Waals surface area contributed by atoms with E-state index >= 15 is 0 Å². The van der Waals surface area contributed by atoms with Gasteiger partial charge in [-0.1, -0.05) is 21.8 Å². The van der Waals surface area contributed by atoms with Crippen LogP contribution in [-0.4, -0.2) is 23.5 Å². The van der Waals surface area contributed by atoms with Crippen molar-refractivity contribution in [1.29, 1.82) is 5.26 Å². The first-order valence-corrected chi connectivity index (χ1v) is 8.05. The monoisotopic (exact) mass is 403 g/mol. The van der Waals surface area contributed by atoms with Gasteiger partial charge < -0.3 is 0 Å². The number of nitrogens with zero attached hydrogens (tertiary/aromatic N) is 4. The number of amidine groups is 1. The molecule has 0 amide bonds. The van der Waals surface area contributed by atoms with E-state index in [-0.39, 0.29) is 16.8 Å². The van der Waals surface area contributed by atoms with Crippen LogP contribution < -0.4 is 4.59 Å². The van der Waals surface area contributed by atoms with E-state index in [1.807, 2.05) is 6.07 Å². The average Bonchev–Trinajstić information content (AvgIpc) is 3.17. The quantitative estimate of drug-likeness (QED) is 0.563. The number of benzene rings is 2. The number of alkyl halides is 3. The number of hydrogen-bond donors (Lipinski definition) is 0. The number of allylic oxidation sites excluding steroid dienone is 1. The molecule has 1 unspecified atom stereocenters. The van der Waals surface area contributed by atoms with Gasteiger partial charge in [0.1, 0.15) is 12.0 Å². The summed E-state index contributed by atoms with van der Waals surface area (Å²) in [7, 11) is 0. The summed E-state index contributed by atoms with van der Waals surface area (Å²) in [5.41, 5.74) is -2.08. The summed E-state index contributed by atoms with van der Waals surface area (Å²) in [6, 6.07) is 9.25. The van der Waals surface area contributed by atoms with Gasteiger partial charge in [0.25, 0.3) is 11.5 Å². The number of rotatable bonds is 2. The topological polar surface area (TPSA) is 65.6 Å². The van der Waals surface area contributed by atoms with Crippen molar-refractivity contribution in [1.82, 2.24) is 4.59 Å². The van der Waals surface area contributed by atoms with Crippen molar-refractivity contribution in [3.63, 3.8) is 0 Å². The molecular weight excluding hydrogens is 395 g/mol. The molecule has 29 heavy (non-hydrogen) atoms. The first kappa shape index (κ1) is 18.6. The number of halogens is 5. The molecule has 0 radical (unpaired) electrons. The number of nitriles is 1. The first-order valence-electron chi connectivity index (χ1n) is 8.05. The SMILES string of the molecule is N#Cc1ccc(C2=N[N+]3(c4ccc(F)cc4F)C(C(F)(F)F)=CN=C3C2=O)cc1. The lowest BCUT2D eigenvalue weighted by Crippen LogP contribution is -2.50. The molecule has 0 fully saturated rings. The van der Waals surface area contributed by atoms with Crippen molar-refractivity contribution in [2.24, 2.45) is 10.1 Å². The minimum absolute atomic E-state index is 0.132. The minimum atomic E-state index is -5.00. The van der Waals surface area contributed by atoms with Gasteiger partial charge in [0, 0.05) is 17.7 Å². The lowest BCUT2D eigenvalue weighted by molar-refractivity contribution is -0.108. The van der Waals surface area contributed by atoms with Crippen molar-refractivity contribution < 1.29 is 26.7 Å². The number of carbonyl (C=O) groups is 1. The van der Waals surface area contributed by atoms with E-state index in [4.69, 9.17) is 5.26 Å². The summed E-state index contributed by atoms with van der Waals surface area (Å²) in [4.78, 5) is 16.4. The summed E-state index contributed by atoms with van der Waals surface area (Å²) in [5.74, 6) is -3.93. The minimum Gasteiger partial charge on any atom is -0.278 e. The van der Waals surface area contributed by atoms with Gasteiger partial charge in [-0.3, -0.25) is 4.79 Å². The zero-order valence-corrected chi connectivity index (χ0v) is 14.2. The fourth-order valence-corrected chi connectivity index (χ4v) is 3.20. The van der Waals surface area contributed by atoms with E-state index in [1.165, 1.54) is 24.3 Å². The molecule has 0 spiro atoms. The first-order chi connectivity index (χ1) is 13.7. The Hall–Kier alpha value is -3.71. The largest absolute Gasteiger partial charge is 0.472 e. The molecule has 0 saturated heterocycles. The molecule has 4 rings (SSSR count). The molecule has 0 N–H and O–H groups in total. The van der Waals surface area contributed by atoms with E-state index < -0.39 is 45.4 Å². The van der Waals surface area contributed by atoms with Gasteiger partial charge in [0.05, 0.1) is 11.6 Å². The summed E-state index contributed by atoms with van der Waals surface area (Å²) in [6.45, 7) is 0. The highest BCUT2D eigenvalue weighted by molar-refractivity contribution is 6.73. The zero-order chi connectivity index (χ0) is 21.0. The van der Waals surface area contributed by atoms with Crippen LogP contribution in [0.25, 0.3) is 0 Å². The van der Waals surface area contributed by atoms with E-state index in [9.17, 15) is 26.7 Å². The molecule has 144 valence electrons. The van der Waals surface area contributed by atoms with Gasteiger partial charge in [-0.25, -0.2) is 8.78 Å². The van der Waals surface area contributed by atoms with Crippen LogP contribution in [0.4, 0.5) is 27.6 Å². The highest BCUT2D eigenvalue weighted by atomic mass is 19.4. The molecule has 2 aliphatic heterocycles. The summed E-state index contributed by atoms with van der Waals surface area (Å²) in [6.07, 6.45) is -4.59. The van der Waals surface area contributed by atoms with E-state index in [0.717, 1.165) is 12.1 Å². The van der Waals surface area contributed by atoms with Crippen LogP contribution in [0.15, 0.2) is 64.5 Å². The Morgan fingerprint density at radius 3 is 2.31 bits per heavy atom. The van der Waals surface area contributed by atoms with Crippen LogP contribution in [0.3, 0.4) is 0 Å². The fourth-order valence-electron chi connectivity index (χ4n) is 3.20. The maximum atomic E-state index is 14.5. The molecule has 2 heterocycles. The maximum absolute atomic E-state index is 14.5. The molecule has 0 saturated carbocycles. The molecule has 5 nitrogen and oxygen atoms in total. The smallest absolute Gasteiger partial charge is 0.278 e. The molecule has 10 heteroatoms. The highest BCUT2D eigenvalue weighted by Gasteiger charge is 2.65. The summed E-state index contributed by atoms with van der Waals surface area (Å²) in [5, 5.41) is 12.8. The Morgan fingerprint density at radius 2 is 1.72 bits per heavy atom. The third kappa shape index (κ3) is 2.67. The van der Waals surface area contributed by atoms with Crippen LogP contribution >= 0.6 is 0 Å². The maximum Gasteiger partial charge on any atom is 0.472 e. The molecular formula is C19H8F5N4O+. The normalized spacial score (nSPS) is 20.7. The van der Waals surface area contributed by atoms with Gasteiger partial charge in [0.15, 0.2) is 11.5 Å². The van der Waals surface area contributed by atoms with Crippen molar-refractivity contribution in [2.45, 2.75) is 6.18 Å². The Morgan fingerprint density at radius 1 is 1.03 bits per heavy atom. The lowest BCUT2D eigenvalue weighted by Gasteiger charge is -2.26. The summed E-state index contributed by atoms with van der Waals surface area (Å²) < 4.78 is 67.4. The molecule has 0 aromatic heterocycles. The number of fused-ring (bicyclic) bond motifs is 1. The van der Waals surface area contributed by atoms with Gasteiger partial charge in [-0.15, -0.1) is 0 Å². The molecule has 1 atom stereocenters. The molecule has 2 aromatic carbocycles. The van der Waals surface area contributed by atoms with Crippen molar-refractivity contribution >= 4 is 23.0 Å². The van der Waals surface area contributed by atoms with Gasteiger partial charge in [-0.05, 0) is 18.2 Å². The van der Waals surface area contributed by atoms with Gasteiger partial charge in [-0.2, -0.15) is 23.4 Å². The fraction of sp³-hybridized carbons (Fsp3) is 0.0526. The van der Waals surface area contributed by atoms with Crippen molar-refractivity contribution in [3.8, 4) is 6.07 Å². The predicted molar refractivity (Wildman–Crippen MR) is 92.4 cm³/mol. The third-order valence-corrected chi connectivity index (χ3v) is 4.47. The van der Waals surface area contributed by atoms with Crippen LogP contribution in [0.1, 0.15) is 11.1 Å². The standard InChI is InChI=1S/C19H8F5N4O/c20-12-5-6-14(13(21)7-12)28-15(19(22,23)24)9-26-18(28)17(29)16(27-28)11-3-1-10(8-25)2-4-11/h1-7,9H/q+1. The number of carbonyl (C=O) groups excluding carboxylic acids is 1. The molecule has 0 bridgehead atoms. The number of Topliss-reactive ketones (excluding diaryl/α,β-unsaturated/α-hetero) is 1. The Balaban J connectivity index is 1.98. The average molecular weight is 403 g/mol. The Labute approximate surface area is 159 Å². The zero-order valence-electron chi connectivity index (χ0n) is 14.2. The second-order valence-electron chi connectivity index (χ2n) is 6.16. The number of quaternary nitrogens is 1. The van der Waals surface area contributed by atoms with Crippen LogP contribution in [0, 0.1) is 23.0 Å². The second-order valence-corrected chi connectivity index (χ2v) is 6.16. The van der Waals surface area contributed by atoms with E-state index in [2.05, 4.69) is 10.1 Å². The predicted octanol–water partition coefficient (Wildman–Crippen LogP) is 3.95. The highest BCUT2D eigenvalue weighted by Crippen LogP contribution is 2.46. The van der Waals surface area contributed by atoms with Crippen molar-refractivity contribution in [3.05, 3.63) is 77.1 Å². The Kier molecular flexibility index (Phi) is 3.95. The lowest BCUT2D eigenvalue weighted by atomic mass is 10.0. The molecule has 0 aliphatic carbocycles. The number of ketones is 1. The summed E-state index contributed by atoms with van der Waals surface area (Å²) >= 11 is 0. The van der Waals surface area contributed by atoms with Crippen LogP contribution in [-0.2, 0) is 4.79 Å². The van der Waals surface area contributed by atoms with Gasteiger partial charge in [0.2, 0.25) is 5.69 Å². The van der Waals surface area contributed by atoms with E-state index in [0.29, 0.717) is 12.3 Å². The third-order valence-electron chi connectivity index (χ3n) is 4.47. The molecule has 2 aromatic rings. The second kappa shape index (κ2) is 6.15. The van der Waals surface area contributed by atoms with Gasteiger partial charge >= 0.3 is 12.0 Å². The van der Waals surface area contributed by atoms with Crippen LogP contribution in [0.2, 0.25) is 0 Å². The van der Waals surface area contributed by atoms with E-state index in [1.54, 1.807) is 0 Å². The van der Waals surface area contributed by atoms with Crippen molar-refractivity contribution in [2.75, 3.05) is 0 Å². The molecule has 2 aliphatic rings.